The summed E-state index contributed by atoms with van der Waals surface area (Å²) in [6, 6.07) is 10.1. The molecule has 3 rings (SSSR count). The van der Waals surface area contributed by atoms with E-state index in [-0.39, 0.29) is 0 Å². The van der Waals surface area contributed by atoms with Gasteiger partial charge in [-0.15, -0.1) is 0 Å². The molecule has 0 radical (unpaired) electrons. The number of rotatable bonds is 3. The first kappa shape index (κ1) is 13.1. The van der Waals surface area contributed by atoms with Gasteiger partial charge in [0.2, 0.25) is 0 Å². The summed E-state index contributed by atoms with van der Waals surface area (Å²) >= 11 is 0. The van der Waals surface area contributed by atoms with Crippen LogP contribution in [0.1, 0.15) is 25.3 Å². The van der Waals surface area contributed by atoms with Crippen LogP contribution in [0.5, 0.6) is 0 Å². The molecule has 1 aliphatic heterocycles. The van der Waals surface area contributed by atoms with Crippen LogP contribution in [-0.2, 0) is 11.3 Å². The molecule has 20 heavy (non-hydrogen) atoms. The molecule has 0 spiro atoms. The molecule has 1 N–H and O–H groups in total. The minimum atomic E-state index is -0.732. The third kappa shape index (κ3) is 2.16. The molecular weight excluding hydrogens is 252 g/mol. The van der Waals surface area contributed by atoms with Gasteiger partial charge in [0.15, 0.2) is 0 Å². The summed E-state index contributed by atoms with van der Waals surface area (Å²) in [6.07, 6.45) is 3.44. The lowest BCUT2D eigenvalue weighted by Gasteiger charge is -2.31. The number of aliphatic carboxylic acids is 1. The van der Waals surface area contributed by atoms with Crippen LogP contribution in [-0.4, -0.2) is 33.0 Å². The number of benzene rings is 1. The van der Waals surface area contributed by atoms with E-state index >= 15 is 0 Å². The van der Waals surface area contributed by atoms with Crippen molar-refractivity contribution in [2.75, 3.05) is 6.54 Å². The largest absolute Gasteiger partial charge is 0.480 e. The van der Waals surface area contributed by atoms with Gasteiger partial charge < -0.3 is 5.11 Å². The average molecular weight is 270 g/mol. The molecule has 1 unspecified atom stereocenters. The van der Waals surface area contributed by atoms with E-state index in [1.54, 1.807) is 6.20 Å². The molecule has 2 aromatic rings. The average Bonchev–Trinajstić information content (AvgIpc) is 2.81. The van der Waals surface area contributed by atoms with Crippen molar-refractivity contribution in [2.24, 2.45) is 0 Å². The zero-order valence-electron chi connectivity index (χ0n) is 11.5. The molecule has 0 bridgehead atoms. The Morgan fingerprint density at radius 2 is 2.30 bits per heavy atom. The Labute approximate surface area is 118 Å². The lowest BCUT2D eigenvalue weighted by molar-refractivity contribution is -0.148. The molecule has 1 aliphatic rings. The van der Waals surface area contributed by atoms with Crippen LogP contribution in [0.25, 0.3) is 10.9 Å². The summed E-state index contributed by atoms with van der Waals surface area (Å²) in [5, 5.41) is 10.5. The van der Waals surface area contributed by atoms with E-state index < -0.39 is 11.5 Å². The van der Waals surface area contributed by atoms with Gasteiger partial charge in [-0.25, -0.2) is 0 Å². The SMILES string of the molecule is CC1(C(=O)O)CCCN1Cc1ccc2ncccc2c1. The first-order chi connectivity index (χ1) is 9.59. The Bertz CT molecular complexity index is 656. The smallest absolute Gasteiger partial charge is 0.323 e. The van der Waals surface area contributed by atoms with E-state index in [1.165, 1.54) is 0 Å². The lowest BCUT2D eigenvalue weighted by Crippen LogP contribution is -2.47. The molecule has 0 aliphatic carbocycles. The van der Waals surface area contributed by atoms with Crippen molar-refractivity contribution in [2.45, 2.75) is 31.8 Å². The molecule has 2 heterocycles. The van der Waals surface area contributed by atoms with Gasteiger partial charge in [0, 0.05) is 18.1 Å². The van der Waals surface area contributed by atoms with Crippen LogP contribution in [0.15, 0.2) is 36.5 Å². The number of pyridine rings is 1. The number of hydrogen-bond donors (Lipinski definition) is 1. The van der Waals surface area contributed by atoms with Gasteiger partial charge in [0.1, 0.15) is 5.54 Å². The molecule has 0 saturated carbocycles. The highest BCUT2D eigenvalue weighted by Crippen LogP contribution is 2.31. The molecule has 1 saturated heterocycles. The van der Waals surface area contributed by atoms with Crippen LogP contribution >= 0.6 is 0 Å². The quantitative estimate of drug-likeness (QED) is 0.931. The number of aromatic nitrogens is 1. The van der Waals surface area contributed by atoms with Crippen molar-refractivity contribution in [3.63, 3.8) is 0 Å². The third-order valence-corrected chi connectivity index (χ3v) is 4.29. The van der Waals surface area contributed by atoms with Crippen molar-refractivity contribution in [3.05, 3.63) is 42.1 Å². The third-order valence-electron chi connectivity index (χ3n) is 4.29. The maximum Gasteiger partial charge on any atom is 0.323 e. The minimum Gasteiger partial charge on any atom is -0.480 e. The number of likely N-dealkylation sites (tertiary alicyclic amines) is 1. The normalized spacial score (nSPS) is 23.2. The van der Waals surface area contributed by atoms with E-state index in [4.69, 9.17) is 0 Å². The summed E-state index contributed by atoms with van der Waals surface area (Å²) in [6.45, 7) is 3.34. The van der Waals surface area contributed by atoms with E-state index in [9.17, 15) is 9.90 Å². The van der Waals surface area contributed by atoms with Gasteiger partial charge in [-0.1, -0.05) is 12.1 Å². The van der Waals surface area contributed by atoms with Crippen LogP contribution in [0.2, 0.25) is 0 Å². The fourth-order valence-corrected chi connectivity index (χ4v) is 2.96. The van der Waals surface area contributed by atoms with E-state index in [2.05, 4.69) is 16.0 Å². The molecule has 4 nitrogen and oxygen atoms in total. The number of hydrogen-bond acceptors (Lipinski definition) is 3. The summed E-state index contributed by atoms with van der Waals surface area (Å²) in [7, 11) is 0. The van der Waals surface area contributed by atoms with Gasteiger partial charge >= 0.3 is 5.97 Å². The molecule has 104 valence electrons. The molecule has 1 aromatic heterocycles. The van der Waals surface area contributed by atoms with Gasteiger partial charge in [0.25, 0.3) is 0 Å². The Hall–Kier alpha value is -1.94. The first-order valence-electron chi connectivity index (χ1n) is 6.92. The highest BCUT2D eigenvalue weighted by molar-refractivity contribution is 5.79. The zero-order valence-corrected chi connectivity index (χ0v) is 11.5. The second kappa shape index (κ2) is 4.87. The van der Waals surface area contributed by atoms with Crippen LogP contribution in [0.3, 0.4) is 0 Å². The summed E-state index contributed by atoms with van der Waals surface area (Å²) in [5.74, 6) is -0.725. The fraction of sp³-hybridized carbons (Fsp3) is 0.375. The van der Waals surface area contributed by atoms with Crippen LogP contribution in [0.4, 0.5) is 0 Å². The predicted molar refractivity (Wildman–Crippen MR) is 77.4 cm³/mol. The summed E-state index contributed by atoms with van der Waals surface area (Å²) in [5.41, 5.74) is 1.38. The fourth-order valence-electron chi connectivity index (χ4n) is 2.96. The van der Waals surface area contributed by atoms with Crippen molar-refractivity contribution in [1.82, 2.24) is 9.88 Å². The lowest BCUT2D eigenvalue weighted by atomic mass is 9.98. The number of carboxylic acids is 1. The second-order valence-electron chi connectivity index (χ2n) is 5.63. The summed E-state index contributed by atoms with van der Waals surface area (Å²) in [4.78, 5) is 17.9. The van der Waals surface area contributed by atoms with Crippen LogP contribution in [0, 0.1) is 0 Å². The number of carboxylic acid groups (broad SMARTS) is 1. The van der Waals surface area contributed by atoms with Gasteiger partial charge in [-0.05, 0) is 50.1 Å². The first-order valence-corrected chi connectivity index (χ1v) is 6.92. The van der Waals surface area contributed by atoms with E-state index in [0.717, 1.165) is 35.9 Å². The maximum atomic E-state index is 11.5. The van der Waals surface area contributed by atoms with Crippen molar-refractivity contribution in [3.8, 4) is 0 Å². The van der Waals surface area contributed by atoms with E-state index in [0.29, 0.717) is 6.54 Å². The van der Waals surface area contributed by atoms with Gasteiger partial charge in [-0.2, -0.15) is 0 Å². The summed E-state index contributed by atoms with van der Waals surface area (Å²) < 4.78 is 0. The Kier molecular flexibility index (Phi) is 3.18. The monoisotopic (exact) mass is 270 g/mol. The Balaban J connectivity index is 1.87. The van der Waals surface area contributed by atoms with Crippen LogP contribution < -0.4 is 0 Å². The molecule has 4 heteroatoms. The standard InChI is InChI=1S/C16H18N2O2/c1-16(15(19)20)7-3-9-18(16)11-12-5-6-14-13(10-12)4-2-8-17-14/h2,4-6,8,10H,3,7,9,11H2,1H3,(H,19,20). The van der Waals surface area contributed by atoms with Crippen molar-refractivity contribution >= 4 is 16.9 Å². The highest BCUT2D eigenvalue weighted by atomic mass is 16.4. The minimum absolute atomic E-state index is 0.674. The number of carbonyl (C=O) groups is 1. The Morgan fingerprint density at radius 3 is 3.10 bits per heavy atom. The van der Waals surface area contributed by atoms with Crippen molar-refractivity contribution in [1.29, 1.82) is 0 Å². The zero-order chi connectivity index (χ0) is 14.2. The highest BCUT2D eigenvalue weighted by Gasteiger charge is 2.43. The maximum absolute atomic E-state index is 11.5. The second-order valence-corrected chi connectivity index (χ2v) is 5.63. The molecular formula is C16H18N2O2. The molecule has 1 fully saturated rings. The number of fused-ring (bicyclic) bond motifs is 1. The predicted octanol–water partition coefficient (Wildman–Crippen LogP) is 2.67. The van der Waals surface area contributed by atoms with Gasteiger partial charge in [0.05, 0.1) is 5.52 Å². The Morgan fingerprint density at radius 1 is 1.45 bits per heavy atom. The molecule has 1 atom stereocenters. The molecule has 0 amide bonds. The molecule has 1 aromatic carbocycles. The van der Waals surface area contributed by atoms with E-state index in [1.807, 2.05) is 31.2 Å². The number of nitrogens with zero attached hydrogens (tertiary/aromatic N) is 2. The topological polar surface area (TPSA) is 53.4 Å². The van der Waals surface area contributed by atoms with Crippen molar-refractivity contribution < 1.29 is 9.90 Å². The van der Waals surface area contributed by atoms with Gasteiger partial charge in [-0.3, -0.25) is 14.7 Å².